The number of amides is 1. The van der Waals surface area contributed by atoms with Crippen molar-refractivity contribution in [1.82, 2.24) is 9.97 Å². The minimum absolute atomic E-state index is 0.184. The van der Waals surface area contributed by atoms with Gasteiger partial charge in [-0.3, -0.25) is 14.8 Å². The maximum Gasteiger partial charge on any atom is 0.255 e. The number of nitrogens with zero attached hydrogens (tertiary/aromatic N) is 2. The second-order valence-electron chi connectivity index (χ2n) is 3.38. The smallest absolute Gasteiger partial charge is 0.255 e. The van der Waals surface area contributed by atoms with Crippen LogP contribution in [0.5, 0.6) is 0 Å². The lowest BCUT2D eigenvalue weighted by Gasteiger charge is -2.05. The first kappa shape index (κ1) is 11.2. The van der Waals surface area contributed by atoms with Gasteiger partial charge in [0.05, 0.1) is 12.3 Å². The Morgan fingerprint density at radius 3 is 2.71 bits per heavy atom. The van der Waals surface area contributed by atoms with Crippen LogP contribution in [0.1, 0.15) is 16.1 Å². The molecule has 1 amide bonds. The van der Waals surface area contributed by atoms with Crippen molar-refractivity contribution >= 4 is 11.6 Å². The van der Waals surface area contributed by atoms with Crippen molar-refractivity contribution in [2.24, 2.45) is 0 Å². The Morgan fingerprint density at radius 1 is 1.24 bits per heavy atom. The van der Waals surface area contributed by atoms with Gasteiger partial charge < -0.3 is 10.4 Å². The van der Waals surface area contributed by atoms with Gasteiger partial charge in [0, 0.05) is 29.8 Å². The zero-order valence-electron chi connectivity index (χ0n) is 9.00. The molecule has 2 N–H and O–H groups in total. The number of anilines is 1. The molecule has 0 atom stereocenters. The fourth-order valence-corrected chi connectivity index (χ4v) is 1.34. The highest BCUT2D eigenvalue weighted by Gasteiger charge is 2.06. The first-order valence-corrected chi connectivity index (χ1v) is 5.07. The molecule has 0 bridgehead atoms. The lowest BCUT2D eigenvalue weighted by atomic mass is 10.2. The number of rotatable bonds is 3. The quantitative estimate of drug-likeness (QED) is 0.829. The molecule has 0 saturated heterocycles. The summed E-state index contributed by atoms with van der Waals surface area (Å²) in [6.07, 6.45) is 4.69. The largest absolute Gasteiger partial charge is 0.390 e. The minimum Gasteiger partial charge on any atom is -0.390 e. The molecule has 2 rings (SSSR count). The van der Waals surface area contributed by atoms with Gasteiger partial charge >= 0.3 is 0 Å². The van der Waals surface area contributed by atoms with E-state index < -0.39 is 0 Å². The number of hydrogen-bond donors (Lipinski definition) is 2. The van der Waals surface area contributed by atoms with E-state index in [-0.39, 0.29) is 12.5 Å². The van der Waals surface area contributed by atoms with Gasteiger partial charge in [-0.05, 0) is 24.3 Å². The van der Waals surface area contributed by atoms with Crippen molar-refractivity contribution < 1.29 is 9.90 Å². The molecule has 17 heavy (non-hydrogen) atoms. The number of aromatic nitrogens is 2. The Kier molecular flexibility index (Phi) is 3.42. The third kappa shape index (κ3) is 2.85. The summed E-state index contributed by atoms with van der Waals surface area (Å²) < 4.78 is 0. The van der Waals surface area contributed by atoms with Gasteiger partial charge in [-0.2, -0.15) is 0 Å². The molecular weight excluding hydrogens is 218 g/mol. The summed E-state index contributed by atoms with van der Waals surface area (Å²) >= 11 is 0. The van der Waals surface area contributed by atoms with Gasteiger partial charge in [0.15, 0.2) is 0 Å². The third-order valence-corrected chi connectivity index (χ3v) is 2.18. The van der Waals surface area contributed by atoms with Crippen LogP contribution in [-0.2, 0) is 6.61 Å². The van der Waals surface area contributed by atoms with Crippen molar-refractivity contribution in [3.8, 4) is 0 Å². The van der Waals surface area contributed by atoms with Gasteiger partial charge in [-0.15, -0.1) is 0 Å². The molecule has 5 nitrogen and oxygen atoms in total. The monoisotopic (exact) mass is 229 g/mol. The van der Waals surface area contributed by atoms with E-state index in [0.717, 1.165) is 0 Å². The van der Waals surface area contributed by atoms with E-state index in [9.17, 15) is 4.79 Å². The number of hydrogen-bond acceptors (Lipinski definition) is 4. The standard InChI is InChI=1S/C12H11N3O2/c16-8-11-7-9(1-6-14-11)12(17)15-10-2-4-13-5-3-10/h1-7,16H,8H2,(H,13,15,17). The molecule has 2 aromatic heterocycles. The van der Waals surface area contributed by atoms with Crippen LogP contribution in [0.2, 0.25) is 0 Å². The third-order valence-electron chi connectivity index (χ3n) is 2.18. The molecule has 0 saturated carbocycles. The van der Waals surface area contributed by atoms with Crippen LogP contribution in [-0.4, -0.2) is 21.0 Å². The average molecular weight is 229 g/mol. The molecule has 0 radical (unpaired) electrons. The van der Waals surface area contributed by atoms with Crippen LogP contribution in [0.3, 0.4) is 0 Å². The Bertz CT molecular complexity index is 514. The lowest BCUT2D eigenvalue weighted by Crippen LogP contribution is -2.12. The van der Waals surface area contributed by atoms with E-state index in [0.29, 0.717) is 16.9 Å². The maximum absolute atomic E-state index is 11.8. The highest BCUT2D eigenvalue weighted by atomic mass is 16.3. The van der Waals surface area contributed by atoms with E-state index in [1.165, 1.54) is 6.20 Å². The van der Waals surface area contributed by atoms with Crippen LogP contribution in [0.25, 0.3) is 0 Å². The molecule has 0 aliphatic carbocycles. The first-order valence-electron chi connectivity index (χ1n) is 5.07. The predicted octanol–water partition coefficient (Wildman–Crippen LogP) is 1.22. The van der Waals surface area contributed by atoms with E-state index in [4.69, 9.17) is 5.11 Å². The molecule has 5 heteroatoms. The lowest BCUT2D eigenvalue weighted by molar-refractivity contribution is 0.102. The molecule has 0 aliphatic heterocycles. The molecular formula is C12H11N3O2. The van der Waals surface area contributed by atoms with Crippen molar-refractivity contribution in [1.29, 1.82) is 0 Å². The zero-order valence-corrected chi connectivity index (χ0v) is 9.00. The molecule has 0 aliphatic rings. The number of aliphatic hydroxyl groups is 1. The Balaban J connectivity index is 2.14. The van der Waals surface area contributed by atoms with E-state index >= 15 is 0 Å². The number of carbonyl (C=O) groups is 1. The predicted molar refractivity (Wildman–Crippen MR) is 62.4 cm³/mol. The Labute approximate surface area is 98.2 Å². The molecule has 0 aromatic carbocycles. The summed E-state index contributed by atoms with van der Waals surface area (Å²) in [6, 6.07) is 6.55. The average Bonchev–Trinajstić information content (AvgIpc) is 2.40. The van der Waals surface area contributed by atoms with E-state index in [1.807, 2.05) is 0 Å². The van der Waals surface area contributed by atoms with Crippen molar-refractivity contribution in [3.05, 3.63) is 54.1 Å². The first-order chi connectivity index (χ1) is 8.29. The molecule has 0 spiro atoms. The summed E-state index contributed by atoms with van der Waals surface area (Å²) in [5.74, 6) is -0.242. The molecule has 0 fully saturated rings. The topological polar surface area (TPSA) is 75.1 Å². The number of nitrogens with one attached hydrogen (secondary N) is 1. The molecule has 86 valence electrons. The number of aliphatic hydroxyl groups excluding tert-OH is 1. The molecule has 2 heterocycles. The minimum atomic E-state index is -0.242. The van der Waals surface area contributed by atoms with Crippen molar-refractivity contribution in [2.45, 2.75) is 6.61 Å². The van der Waals surface area contributed by atoms with Gasteiger partial charge in [0.2, 0.25) is 0 Å². The fraction of sp³-hybridized carbons (Fsp3) is 0.0833. The SMILES string of the molecule is O=C(Nc1ccncc1)c1ccnc(CO)c1. The van der Waals surface area contributed by atoms with Crippen molar-refractivity contribution in [2.75, 3.05) is 5.32 Å². The van der Waals surface area contributed by atoms with Gasteiger partial charge in [0.1, 0.15) is 0 Å². The summed E-state index contributed by atoms with van der Waals surface area (Å²) in [4.78, 5) is 19.6. The maximum atomic E-state index is 11.8. The van der Waals surface area contributed by atoms with Gasteiger partial charge in [-0.1, -0.05) is 0 Å². The number of carbonyl (C=O) groups excluding carboxylic acids is 1. The van der Waals surface area contributed by atoms with Crippen LogP contribution in [0.15, 0.2) is 42.9 Å². The van der Waals surface area contributed by atoms with E-state index in [1.54, 1.807) is 36.7 Å². The van der Waals surface area contributed by atoms with Crippen LogP contribution < -0.4 is 5.32 Å². The molecule has 0 unspecified atom stereocenters. The van der Waals surface area contributed by atoms with Crippen LogP contribution >= 0.6 is 0 Å². The Morgan fingerprint density at radius 2 is 2.00 bits per heavy atom. The summed E-state index contributed by atoms with van der Waals surface area (Å²) in [6.45, 7) is -0.184. The summed E-state index contributed by atoms with van der Waals surface area (Å²) in [5, 5.41) is 11.7. The van der Waals surface area contributed by atoms with Gasteiger partial charge in [-0.25, -0.2) is 0 Å². The number of pyridine rings is 2. The fourth-order valence-electron chi connectivity index (χ4n) is 1.34. The van der Waals surface area contributed by atoms with Gasteiger partial charge in [0.25, 0.3) is 5.91 Å². The summed E-state index contributed by atoms with van der Waals surface area (Å²) in [7, 11) is 0. The molecule has 2 aromatic rings. The normalized spacial score (nSPS) is 9.94. The highest BCUT2D eigenvalue weighted by molar-refractivity contribution is 6.04. The second kappa shape index (κ2) is 5.18. The zero-order chi connectivity index (χ0) is 12.1. The highest BCUT2D eigenvalue weighted by Crippen LogP contribution is 2.08. The van der Waals surface area contributed by atoms with Crippen LogP contribution in [0.4, 0.5) is 5.69 Å². The van der Waals surface area contributed by atoms with Crippen molar-refractivity contribution in [3.63, 3.8) is 0 Å². The van der Waals surface area contributed by atoms with Crippen LogP contribution in [0, 0.1) is 0 Å². The summed E-state index contributed by atoms with van der Waals surface area (Å²) in [5.41, 5.74) is 1.60. The second-order valence-corrected chi connectivity index (χ2v) is 3.38. The Hall–Kier alpha value is -2.27. The van der Waals surface area contributed by atoms with E-state index in [2.05, 4.69) is 15.3 Å².